The molecule has 0 radical (unpaired) electrons. The fraction of sp³-hybridized carbons (Fsp3) is 0.235. The zero-order chi connectivity index (χ0) is 15.4. The highest BCUT2D eigenvalue weighted by Gasteiger charge is 2.09. The molecule has 0 spiro atoms. The first-order chi connectivity index (χ1) is 9.97. The van der Waals surface area contributed by atoms with Gasteiger partial charge >= 0.3 is 5.97 Å². The molecule has 110 valence electrons. The van der Waals surface area contributed by atoms with Gasteiger partial charge < -0.3 is 9.84 Å². The molecule has 0 heterocycles. The van der Waals surface area contributed by atoms with E-state index < -0.39 is 11.8 Å². The Kier molecular flexibility index (Phi) is 4.58. The average Bonchev–Trinajstić information content (AvgIpc) is 2.46. The van der Waals surface area contributed by atoms with Crippen LogP contribution in [-0.2, 0) is 6.61 Å². The Morgan fingerprint density at radius 2 is 2.00 bits per heavy atom. The van der Waals surface area contributed by atoms with Crippen LogP contribution in [-0.4, -0.2) is 11.1 Å². The maximum Gasteiger partial charge on any atom is 0.335 e. The summed E-state index contributed by atoms with van der Waals surface area (Å²) in [6, 6.07) is 11.5. The highest BCUT2D eigenvalue weighted by molar-refractivity contribution is 5.87. The summed E-state index contributed by atoms with van der Waals surface area (Å²) < 4.78 is 19.4. The van der Waals surface area contributed by atoms with Crippen LogP contribution in [0.4, 0.5) is 4.39 Å². The Morgan fingerprint density at radius 3 is 2.62 bits per heavy atom. The highest BCUT2D eigenvalue weighted by Crippen LogP contribution is 2.21. The molecule has 0 fully saturated rings. The van der Waals surface area contributed by atoms with Crippen LogP contribution in [0.3, 0.4) is 0 Å². The predicted molar refractivity (Wildman–Crippen MR) is 78.2 cm³/mol. The van der Waals surface area contributed by atoms with Gasteiger partial charge in [-0.15, -0.1) is 0 Å². The third-order valence-electron chi connectivity index (χ3n) is 3.22. The molecule has 0 aliphatic heterocycles. The summed E-state index contributed by atoms with van der Waals surface area (Å²) in [4.78, 5) is 10.7. The normalized spacial score (nSPS) is 10.7. The van der Waals surface area contributed by atoms with Crippen LogP contribution in [0, 0.1) is 5.82 Å². The molecule has 21 heavy (non-hydrogen) atoms. The molecular formula is C17H17FO3. The van der Waals surface area contributed by atoms with Crippen molar-refractivity contribution in [1.29, 1.82) is 0 Å². The standard InChI is InChI=1S/C17H17FO3/c1-11(2)12-4-3-5-15(8-12)21-10-14-7-6-13(17(19)20)9-16(14)18/h3-9,11H,10H2,1-2H3,(H,19,20). The van der Waals surface area contributed by atoms with Crippen LogP contribution in [0.2, 0.25) is 0 Å². The second kappa shape index (κ2) is 6.39. The molecule has 4 heteroatoms. The van der Waals surface area contributed by atoms with Crippen LogP contribution >= 0.6 is 0 Å². The van der Waals surface area contributed by atoms with E-state index in [1.54, 1.807) is 0 Å². The number of rotatable bonds is 5. The van der Waals surface area contributed by atoms with Gasteiger partial charge in [-0.1, -0.05) is 32.0 Å². The van der Waals surface area contributed by atoms with Gasteiger partial charge in [0.15, 0.2) is 0 Å². The van der Waals surface area contributed by atoms with Crippen LogP contribution in [0.15, 0.2) is 42.5 Å². The van der Waals surface area contributed by atoms with Gasteiger partial charge in [-0.3, -0.25) is 0 Å². The number of benzene rings is 2. The largest absolute Gasteiger partial charge is 0.489 e. The molecule has 0 aliphatic carbocycles. The van der Waals surface area contributed by atoms with Gasteiger partial charge in [0.2, 0.25) is 0 Å². The van der Waals surface area contributed by atoms with Gasteiger partial charge in [0.25, 0.3) is 0 Å². The molecule has 0 unspecified atom stereocenters. The van der Waals surface area contributed by atoms with Gasteiger partial charge in [0.1, 0.15) is 18.2 Å². The number of aromatic carboxylic acids is 1. The molecule has 0 saturated carbocycles. The van der Waals surface area contributed by atoms with Crippen LogP contribution in [0.25, 0.3) is 0 Å². The smallest absolute Gasteiger partial charge is 0.335 e. The minimum atomic E-state index is -1.15. The van der Waals surface area contributed by atoms with Crippen molar-refractivity contribution in [3.05, 3.63) is 65.0 Å². The number of halogens is 1. The summed E-state index contributed by atoms with van der Waals surface area (Å²) in [5.74, 6) is -0.663. The lowest BCUT2D eigenvalue weighted by Crippen LogP contribution is -2.02. The van der Waals surface area contributed by atoms with E-state index in [1.165, 1.54) is 12.1 Å². The van der Waals surface area contributed by atoms with Gasteiger partial charge in [0, 0.05) is 5.56 Å². The lowest BCUT2D eigenvalue weighted by molar-refractivity contribution is 0.0696. The van der Waals surface area contributed by atoms with Gasteiger partial charge in [0.05, 0.1) is 5.56 Å². The fourth-order valence-corrected chi connectivity index (χ4v) is 1.92. The van der Waals surface area contributed by atoms with E-state index in [-0.39, 0.29) is 12.2 Å². The molecule has 2 aromatic carbocycles. The Bertz CT molecular complexity index is 650. The summed E-state index contributed by atoms with van der Waals surface area (Å²) in [6.07, 6.45) is 0. The van der Waals surface area contributed by atoms with Crippen molar-refractivity contribution in [2.45, 2.75) is 26.4 Å². The second-order valence-corrected chi connectivity index (χ2v) is 5.13. The van der Waals surface area contributed by atoms with E-state index in [2.05, 4.69) is 13.8 Å². The van der Waals surface area contributed by atoms with E-state index in [0.717, 1.165) is 11.6 Å². The molecule has 1 N–H and O–H groups in total. The summed E-state index contributed by atoms with van der Waals surface area (Å²) in [5, 5.41) is 8.79. The van der Waals surface area contributed by atoms with Crippen LogP contribution in [0.5, 0.6) is 5.75 Å². The lowest BCUT2D eigenvalue weighted by atomic mass is 10.0. The maximum atomic E-state index is 13.8. The van der Waals surface area contributed by atoms with Crippen molar-refractivity contribution in [2.75, 3.05) is 0 Å². The molecule has 2 aromatic rings. The van der Waals surface area contributed by atoms with Gasteiger partial charge in [-0.2, -0.15) is 0 Å². The van der Waals surface area contributed by atoms with Crippen LogP contribution < -0.4 is 4.74 Å². The Labute approximate surface area is 123 Å². The zero-order valence-electron chi connectivity index (χ0n) is 12.0. The van der Waals surface area contributed by atoms with Crippen molar-refractivity contribution in [1.82, 2.24) is 0 Å². The second-order valence-electron chi connectivity index (χ2n) is 5.13. The molecular weight excluding hydrogens is 271 g/mol. The van der Waals surface area contributed by atoms with E-state index in [0.29, 0.717) is 17.2 Å². The quantitative estimate of drug-likeness (QED) is 0.895. The number of carbonyl (C=O) groups is 1. The van der Waals surface area contributed by atoms with E-state index >= 15 is 0 Å². The number of hydrogen-bond donors (Lipinski definition) is 1. The first kappa shape index (κ1) is 15.0. The maximum absolute atomic E-state index is 13.8. The molecule has 0 saturated heterocycles. The Morgan fingerprint density at radius 1 is 1.24 bits per heavy atom. The van der Waals surface area contributed by atoms with E-state index in [1.807, 2.05) is 24.3 Å². The van der Waals surface area contributed by atoms with Crippen molar-refractivity contribution in [2.24, 2.45) is 0 Å². The summed E-state index contributed by atoms with van der Waals surface area (Å²) in [5.41, 5.74) is 1.40. The Hall–Kier alpha value is -2.36. The van der Waals surface area contributed by atoms with E-state index in [9.17, 15) is 9.18 Å². The van der Waals surface area contributed by atoms with Crippen LogP contribution in [0.1, 0.15) is 41.3 Å². The predicted octanol–water partition coefficient (Wildman–Crippen LogP) is 4.23. The third kappa shape index (κ3) is 3.81. The summed E-state index contributed by atoms with van der Waals surface area (Å²) in [6.45, 7) is 4.24. The minimum Gasteiger partial charge on any atom is -0.489 e. The lowest BCUT2D eigenvalue weighted by Gasteiger charge is -2.10. The average molecular weight is 288 g/mol. The number of carboxylic acids is 1. The molecule has 0 amide bonds. The fourth-order valence-electron chi connectivity index (χ4n) is 1.92. The van der Waals surface area contributed by atoms with Crippen molar-refractivity contribution in [3.8, 4) is 5.75 Å². The Balaban J connectivity index is 2.09. The monoisotopic (exact) mass is 288 g/mol. The number of hydrogen-bond acceptors (Lipinski definition) is 2. The third-order valence-corrected chi connectivity index (χ3v) is 3.22. The molecule has 0 bridgehead atoms. The number of carboxylic acid groups (broad SMARTS) is 1. The molecule has 0 atom stereocenters. The van der Waals surface area contributed by atoms with Gasteiger partial charge in [-0.25, -0.2) is 9.18 Å². The summed E-state index contributed by atoms with van der Waals surface area (Å²) in [7, 11) is 0. The van der Waals surface area contributed by atoms with Crippen molar-refractivity contribution >= 4 is 5.97 Å². The molecule has 2 rings (SSSR count). The number of ether oxygens (including phenoxy) is 1. The SMILES string of the molecule is CC(C)c1cccc(OCc2ccc(C(=O)O)cc2F)c1. The summed E-state index contributed by atoms with van der Waals surface area (Å²) >= 11 is 0. The zero-order valence-corrected chi connectivity index (χ0v) is 12.0. The molecule has 3 nitrogen and oxygen atoms in total. The highest BCUT2D eigenvalue weighted by atomic mass is 19.1. The van der Waals surface area contributed by atoms with E-state index in [4.69, 9.17) is 9.84 Å². The topological polar surface area (TPSA) is 46.5 Å². The molecule has 0 aromatic heterocycles. The first-order valence-electron chi connectivity index (χ1n) is 6.72. The minimum absolute atomic E-state index is 0.0628. The van der Waals surface area contributed by atoms with Crippen molar-refractivity contribution in [3.63, 3.8) is 0 Å². The van der Waals surface area contributed by atoms with Gasteiger partial charge in [-0.05, 0) is 35.7 Å². The van der Waals surface area contributed by atoms with Crippen molar-refractivity contribution < 1.29 is 19.0 Å². The first-order valence-corrected chi connectivity index (χ1v) is 6.72. The molecule has 0 aliphatic rings.